The number of anilines is 1. The highest BCUT2D eigenvalue weighted by Gasteiger charge is 2.47. The van der Waals surface area contributed by atoms with Gasteiger partial charge in [-0.05, 0) is 98.3 Å². The van der Waals surface area contributed by atoms with Crippen LogP contribution >= 0.6 is 23.5 Å². The number of ether oxygens (including phenoxy) is 1. The van der Waals surface area contributed by atoms with E-state index in [9.17, 15) is 99.6 Å². The van der Waals surface area contributed by atoms with Crippen LogP contribution < -0.4 is 26.8 Å². The van der Waals surface area contributed by atoms with E-state index in [0.29, 0.717) is 97.7 Å². The van der Waals surface area contributed by atoms with Gasteiger partial charge in [0.05, 0.1) is 34.5 Å². The summed E-state index contributed by atoms with van der Waals surface area (Å²) in [5.41, 5.74) is -0.647. The minimum absolute atomic E-state index is 0.0106. The fourth-order valence-corrected chi connectivity index (χ4v) is 17.8. The van der Waals surface area contributed by atoms with Crippen molar-refractivity contribution < 1.29 is 122 Å². The van der Waals surface area contributed by atoms with Crippen molar-refractivity contribution in [2.24, 2.45) is 0 Å². The Kier molecular flexibility index (Phi) is 23.4. The molecule has 0 radical (unpaired) electrons. The van der Waals surface area contributed by atoms with E-state index >= 15 is 0 Å². The largest absolute Gasteiger partial charge is 0.490 e. The number of H-pyrrole nitrogens is 1. The molecule has 4 aromatic carbocycles. The minimum atomic E-state index is -5.83. The summed E-state index contributed by atoms with van der Waals surface area (Å²) < 4.78 is 195. The van der Waals surface area contributed by atoms with E-state index in [4.69, 9.17) is 14.5 Å². The maximum absolute atomic E-state index is 12.9. The monoisotopic (exact) mass is 1520 g/mol. The molecule has 538 valence electrons. The molecule has 1 saturated heterocycles. The molecule has 99 heavy (non-hydrogen) atoms. The Balaban J connectivity index is 0.845. The van der Waals surface area contributed by atoms with Crippen LogP contribution in [0.25, 0.3) is 21.5 Å². The summed E-state index contributed by atoms with van der Waals surface area (Å²) in [6.07, 6.45) is 8.45. The molecule has 1 aromatic heterocycles. The standard InChI is InChI=1S/C58H69N6O28P3S4/c1-57(2)48(62(5)42-23-21-38-40(53(42)57)28-36(96(77,78)79)30-46(38)98(83,84)85)17-9-6-10-18-49-58(3,4)54-41-29-37(97(80,81)82)31-47(99(86,87)88)39(41)22-24-43(54)63(49)27-14-8-12-20-50(66)59-25-13-7-11-19-51(67)60-26-15-16-35-33-64(56(69)61-55(35)68)52-32-44(65)45(90-52)34-89-94(73,74)92-95(75,76)91-93(70,71)72/h6,9-10,17-18,21-24,28-31,33,44-45,52,65H,7-8,11-14,19-20,25-27,32,34H2,1-5H3,(H10-,59,60,61,66,67,68,69,70,71,72,73,74,75,76,77,78,79,80,81,82,83,84,85,86,87,88)/p+1/t44?,45-,52-/m1/s1. The second-order valence-electron chi connectivity index (χ2n) is 24.1. The lowest BCUT2D eigenvalue weighted by Crippen LogP contribution is -2.33. The first kappa shape index (κ1) is 78.0. The number of nitrogens with one attached hydrogen (secondary N) is 3. The molecule has 3 aliphatic heterocycles. The van der Waals surface area contributed by atoms with Crippen molar-refractivity contribution >= 4 is 114 Å². The number of aliphatic hydroxyl groups excluding tert-OH is 1. The minimum Gasteiger partial charge on any atom is -0.390 e. The van der Waals surface area contributed by atoms with Gasteiger partial charge in [-0.1, -0.05) is 62.8 Å². The second kappa shape index (κ2) is 29.7. The van der Waals surface area contributed by atoms with Crippen molar-refractivity contribution in [3.05, 3.63) is 128 Å². The first-order valence-electron chi connectivity index (χ1n) is 29.8. The Morgan fingerprint density at radius 3 is 1.88 bits per heavy atom. The highest BCUT2D eigenvalue weighted by atomic mass is 32.2. The van der Waals surface area contributed by atoms with E-state index < -0.39 is 131 Å². The molecule has 1 fully saturated rings. The summed E-state index contributed by atoms with van der Waals surface area (Å²) in [6, 6.07) is 9.77. The summed E-state index contributed by atoms with van der Waals surface area (Å²) >= 11 is 0. The fourth-order valence-electron chi connectivity index (χ4n) is 12.1. The van der Waals surface area contributed by atoms with E-state index in [0.717, 1.165) is 22.9 Å². The molecular formula is C58H70N6O28P3S4+. The van der Waals surface area contributed by atoms with Crippen molar-refractivity contribution in [3.63, 3.8) is 0 Å². The summed E-state index contributed by atoms with van der Waals surface area (Å²) in [7, 11) is -35.3. The third-order valence-electron chi connectivity index (χ3n) is 16.4. The van der Waals surface area contributed by atoms with Gasteiger partial charge < -0.3 is 45.0 Å². The lowest BCUT2D eigenvalue weighted by molar-refractivity contribution is -0.401. The Bertz CT molecular complexity index is 5070. The number of aromatic amines is 1. The molecule has 0 aliphatic carbocycles. The van der Waals surface area contributed by atoms with Gasteiger partial charge in [0.15, 0.2) is 5.71 Å². The third-order valence-corrected chi connectivity index (χ3v) is 23.7. The molecule has 2 amide bonds. The number of phosphoric ester groups is 1. The van der Waals surface area contributed by atoms with Crippen LogP contribution in [0.3, 0.4) is 0 Å². The Hall–Kier alpha value is -6.76. The molecule has 5 atom stereocenters. The van der Waals surface area contributed by atoms with Gasteiger partial charge in [-0.25, -0.2) is 18.5 Å². The van der Waals surface area contributed by atoms with Gasteiger partial charge in [0, 0.05) is 83.8 Å². The van der Waals surface area contributed by atoms with Crippen LogP contribution in [-0.4, -0.2) is 154 Å². The molecular weight excluding hydrogens is 1450 g/mol. The van der Waals surface area contributed by atoms with Crippen LogP contribution in [0.1, 0.15) is 108 Å². The molecule has 41 heteroatoms. The van der Waals surface area contributed by atoms with Gasteiger partial charge in [-0.3, -0.25) is 46.7 Å². The van der Waals surface area contributed by atoms with Gasteiger partial charge in [-0.2, -0.15) is 46.9 Å². The van der Waals surface area contributed by atoms with Crippen LogP contribution in [-0.2, 0) is 92.5 Å². The fraction of sp³-hybridized carbons (Fsp3) is 0.397. The number of rotatable bonds is 28. The van der Waals surface area contributed by atoms with Gasteiger partial charge in [-0.15, -0.1) is 0 Å². The SMILES string of the molecule is C[N+]1=C(/C=C/C=C/C=C2/N(CCCCCC(=O)NCCCCCC(=O)NCC#Cc3cn([C@H]4CC(O)[C@@H](COP(=O)(O)OP(=O)(O)OP(=O)(O)O)O4)c(=O)[nH]c3=O)c3ccc4c(S(=O)(=O)O)cc(S(=O)(=O)O)cc4c3C2(C)C)C(C)(C)c2c1ccc1c(S(=O)(=O)O)cc(S(=O)(=O)O)cc21. The number of hydrogen-bond donors (Lipinski definition) is 12. The molecule has 5 aromatic rings. The number of amides is 2. The lowest BCUT2D eigenvalue weighted by Gasteiger charge is -2.27. The first-order chi connectivity index (χ1) is 45.7. The zero-order chi connectivity index (χ0) is 73.4. The summed E-state index contributed by atoms with van der Waals surface area (Å²) in [5.74, 6) is 4.50. The van der Waals surface area contributed by atoms with Crippen molar-refractivity contribution in [2.75, 3.05) is 38.2 Å². The number of unbranched alkanes of at least 4 members (excludes halogenated alkanes) is 4. The average molecular weight is 1520 g/mol. The molecule has 0 spiro atoms. The predicted octanol–water partition coefficient (Wildman–Crippen LogP) is 5.03. The van der Waals surface area contributed by atoms with E-state index in [1.807, 2.05) is 48.2 Å². The quantitative estimate of drug-likeness (QED) is 0.00780. The number of carbonyl (C=O) groups excluding carboxylic acids is 2. The number of phosphoric acid groups is 3. The summed E-state index contributed by atoms with van der Waals surface area (Å²) in [6.45, 7) is 6.75. The first-order valence-corrected chi connectivity index (χ1v) is 40.1. The van der Waals surface area contributed by atoms with E-state index in [-0.39, 0.29) is 64.7 Å². The highest BCUT2D eigenvalue weighted by Crippen LogP contribution is 2.66. The Morgan fingerprint density at radius 1 is 0.717 bits per heavy atom. The van der Waals surface area contributed by atoms with Crippen LogP contribution in [0.15, 0.2) is 120 Å². The van der Waals surface area contributed by atoms with Crippen molar-refractivity contribution in [2.45, 2.75) is 134 Å². The number of hydrogen-bond acceptors (Lipinski definition) is 21. The summed E-state index contributed by atoms with van der Waals surface area (Å²) in [5, 5.41) is 16.2. The zero-order valence-corrected chi connectivity index (χ0v) is 59.1. The van der Waals surface area contributed by atoms with E-state index in [1.54, 1.807) is 43.5 Å². The maximum atomic E-state index is 12.9. The molecule has 12 N–H and O–H groups in total. The number of aliphatic hydroxyl groups is 1. The molecule has 34 nitrogen and oxygen atoms in total. The second-order valence-corrected chi connectivity index (χ2v) is 34.1. The molecule has 3 aliphatic rings. The molecule has 8 rings (SSSR count). The normalized spacial score (nSPS) is 19.6. The summed E-state index contributed by atoms with van der Waals surface area (Å²) in [4.78, 5) is 88.2. The molecule has 0 bridgehead atoms. The molecule has 3 unspecified atom stereocenters. The van der Waals surface area contributed by atoms with Crippen LogP contribution in [0, 0.1) is 11.8 Å². The van der Waals surface area contributed by atoms with E-state index in [1.165, 1.54) is 12.1 Å². The smallest absolute Gasteiger partial charge is 0.390 e. The van der Waals surface area contributed by atoms with Crippen molar-refractivity contribution in [1.82, 2.24) is 20.2 Å². The number of benzene rings is 4. The predicted molar refractivity (Wildman–Crippen MR) is 353 cm³/mol. The Morgan fingerprint density at radius 2 is 1.29 bits per heavy atom. The number of aromatic nitrogens is 2. The third kappa shape index (κ3) is 18.7. The van der Waals surface area contributed by atoms with Crippen molar-refractivity contribution in [3.8, 4) is 11.8 Å². The Labute approximate surface area is 566 Å². The van der Waals surface area contributed by atoms with Gasteiger partial charge >= 0.3 is 29.2 Å². The van der Waals surface area contributed by atoms with Gasteiger partial charge in [0.2, 0.25) is 17.5 Å². The number of allylic oxidation sites excluding steroid dienone is 6. The molecule has 0 saturated carbocycles. The van der Waals surface area contributed by atoms with Gasteiger partial charge in [0.25, 0.3) is 46.0 Å². The van der Waals surface area contributed by atoms with E-state index in [2.05, 4.69) is 35.6 Å². The molecule has 4 heterocycles. The van der Waals surface area contributed by atoms with Crippen LogP contribution in [0.4, 0.5) is 11.4 Å². The zero-order valence-electron chi connectivity index (χ0n) is 53.1. The number of nitrogens with zero attached hydrogens (tertiary/aromatic N) is 3. The van der Waals surface area contributed by atoms with Gasteiger partial charge in [0.1, 0.15) is 34.7 Å². The van der Waals surface area contributed by atoms with Crippen molar-refractivity contribution in [1.29, 1.82) is 0 Å². The topological polar surface area (TPSA) is 526 Å². The highest BCUT2D eigenvalue weighted by molar-refractivity contribution is 7.87. The number of carbonyl (C=O) groups is 2. The average Bonchev–Trinajstić information content (AvgIpc) is 1.60. The lowest BCUT2D eigenvalue weighted by atomic mass is 9.79. The number of fused-ring (bicyclic) bond motifs is 6. The van der Waals surface area contributed by atoms with Crippen LogP contribution in [0.2, 0.25) is 0 Å². The van der Waals surface area contributed by atoms with Crippen LogP contribution in [0.5, 0.6) is 0 Å². The maximum Gasteiger partial charge on any atom is 0.490 e.